The van der Waals surface area contributed by atoms with Crippen molar-refractivity contribution < 1.29 is 14.3 Å². The Bertz CT molecular complexity index is 1620. The minimum Gasteiger partial charge on any atom is -0.468 e. The number of carbonyl (C=O) groups excluding carboxylic acids is 2. The van der Waals surface area contributed by atoms with E-state index in [1.54, 1.807) is 10.6 Å². The number of methoxy groups -OCH3 is 1. The minimum absolute atomic E-state index is 0.0280. The van der Waals surface area contributed by atoms with Crippen LogP contribution in [0.2, 0.25) is 0 Å². The fourth-order valence-electron chi connectivity index (χ4n) is 3.99. The van der Waals surface area contributed by atoms with Crippen molar-refractivity contribution in [3.05, 3.63) is 94.8 Å². The van der Waals surface area contributed by atoms with Crippen LogP contribution in [0.4, 0.5) is 0 Å². The van der Waals surface area contributed by atoms with E-state index in [0.29, 0.717) is 16.1 Å². The second-order valence-electron chi connectivity index (χ2n) is 7.82. The van der Waals surface area contributed by atoms with Crippen LogP contribution in [0, 0.1) is 6.92 Å². The maximum atomic E-state index is 13.6. The van der Waals surface area contributed by atoms with Crippen LogP contribution in [0.5, 0.6) is 0 Å². The predicted molar refractivity (Wildman–Crippen MR) is 134 cm³/mol. The van der Waals surface area contributed by atoms with Crippen molar-refractivity contribution in [1.82, 2.24) is 9.55 Å². The molecule has 7 heteroatoms. The lowest BCUT2D eigenvalue weighted by atomic mass is 10.0. The molecule has 0 fully saturated rings. The van der Waals surface area contributed by atoms with Crippen LogP contribution in [0.25, 0.3) is 32.4 Å². The smallest absolute Gasteiger partial charge is 0.325 e. The third kappa shape index (κ3) is 4.02. The maximum absolute atomic E-state index is 13.6. The molecule has 0 N–H and O–H groups in total. The lowest BCUT2D eigenvalue weighted by Gasteiger charge is -2.08. The molecule has 6 nitrogen and oxygen atoms in total. The Morgan fingerprint density at radius 1 is 1.00 bits per heavy atom. The van der Waals surface area contributed by atoms with Gasteiger partial charge in [-0.3, -0.25) is 9.59 Å². The highest BCUT2D eigenvalue weighted by molar-refractivity contribution is 7.16. The van der Waals surface area contributed by atoms with Gasteiger partial charge in [-0.25, -0.2) is 4.98 Å². The molecule has 5 rings (SSSR count). The summed E-state index contributed by atoms with van der Waals surface area (Å²) in [6.07, 6.45) is 0. The highest BCUT2D eigenvalue weighted by Gasteiger charge is 2.16. The molecule has 0 bridgehead atoms. The number of ether oxygens (including phenoxy) is 1. The Morgan fingerprint density at radius 2 is 1.76 bits per heavy atom. The molecule has 0 radical (unpaired) electrons. The monoisotopic (exact) mass is 467 g/mol. The highest BCUT2D eigenvalue weighted by Crippen LogP contribution is 2.26. The summed E-state index contributed by atoms with van der Waals surface area (Å²) in [4.78, 5) is 35.4. The number of para-hydroxylation sites is 2. The Hall–Kier alpha value is -4.10. The molecule has 0 aliphatic heterocycles. The third-order valence-corrected chi connectivity index (χ3v) is 6.67. The summed E-state index contributed by atoms with van der Waals surface area (Å²) in [5.41, 5.74) is 4.66. The van der Waals surface area contributed by atoms with Gasteiger partial charge in [-0.05, 0) is 30.7 Å². The van der Waals surface area contributed by atoms with Gasteiger partial charge in [-0.2, -0.15) is 4.99 Å². The van der Waals surface area contributed by atoms with E-state index in [9.17, 15) is 9.59 Å². The molecule has 0 unspecified atom stereocenters. The molecule has 5 aromatic rings. The van der Waals surface area contributed by atoms with Crippen LogP contribution in [-0.2, 0) is 16.1 Å². The summed E-state index contributed by atoms with van der Waals surface area (Å²) >= 11 is 1.37. The number of carbonyl (C=O) groups is 2. The van der Waals surface area contributed by atoms with Gasteiger partial charge < -0.3 is 9.30 Å². The number of amides is 1. The highest BCUT2D eigenvalue weighted by atomic mass is 32.1. The molecule has 168 valence electrons. The number of fused-ring (bicyclic) bond motifs is 2. The van der Waals surface area contributed by atoms with Gasteiger partial charge in [0.1, 0.15) is 6.54 Å². The second kappa shape index (κ2) is 9.03. The molecule has 0 spiro atoms. The molecule has 0 aliphatic carbocycles. The lowest BCUT2D eigenvalue weighted by molar-refractivity contribution is -0.141. The second-order valence-corrected chi connectivity index (χ2v) is 8.83. The van der Waals surface area contributed by atoms with E-state index >= 15 is 0 Å². The molecular formula is C27H21N3O3S. The number of hydrogen-bond acceptors (Lipinski definition) is 5. The standard InChI is InChI=1S/C27H21N3O3S/c1-17-9-8-14-23-25(17)30(16-24(31)33-2)27(34-23)29-26(32)20-15-22(18-10-4-3-5-11-18)28-21-13-7-6-12-19(20)21/h3-15H,16H2,1-2H3. The topological polar surface area (TPSA) is 73.6 Å². The number of aryl methyl sites for hydroxylation is 1. The Kier molecular flexibility index (Phi) is 5.77. The first-order valence-corrected chi connectivity index (χ1v) is 11.6. The van der Waals surface area contributed by atoms with Crippen molar-refractivity contribution >= 4 is 44.3 Å². The molecule has 34 heavy (non-hydrogen) atoms. The number of esters is 1. The summed E-state index contributed by atoms with van der Waals surface area (Å²) < 4.78 is 7.58. The van der Waals surface area contributed by atoms with E-state index in [2.05, 4.69) is 4.99 Å². The molecule has 0 saturated heterocycles. The summed E-state index contributed by atoms with van der Waals surface area (Å²) in [5.74, 6) is -0.795. The van der Waals surface area contributed by atoms with Crippen molar-refractivity contribution in [1.29, 1.82) is 0 Å². The maximum Gasteiger partial charge on any atom is 0.325 e. The van der Waals surface area contributed by atoms with E-state index in [0.717, 1.165) is 32.2 Å². The molecule has 0 atom stereocenters. The van der Waals surface area contributed by atoms with E-state index < -0.39 is 11.9 Å². The number of thiazole rings is 1. The number of rotatable bonds is 4. The van der Waals surface area contributed by atoms with Crippen LogP contribution >= 0.6 is 11.3 Å². The number of hydrogen-bond donors (Lipinski definition) is 0. The molecule has 0 saturated carbocycles. The number of benzene rings is 3. The van der Waals surface area contributed by atoms with Gasteiger partial charge in [0, 0.05) is 10.9 Å². The molecule has 2 heterocycles. The molecule has 3 aromatic carbocycles. The van der Waals surface area contributed by atoms with Gasteiger partial charge >= 0.3 is 5.97 Å². The molecule has 2 aromatic heterocycles. The van der Waals surface area contributed by atoms with Crippen LogP contribution < -0.4 is 4.80 Å². The van der Waals surface area contributed by atoms with Crippen molar-refractivity contribution in [3.63, 3.8) is 0 Å². The molecular weight excluding hydrogens is 446 g/mol. The number of nitrogens with zero attached hydrogens (tertiary/aromatic N) is 3. The number of aromatic nitrogens is 2. The Morgan fingerprint density at radius 3 is 2.56 bits per heavy atom. The van der Waals surface area contributed by atoms with Gasteiger partial charge in [0.25, 0.3) is 5.91 Å². The summed E-state index contributed by atoms with van der Waals surface area (Å²) in [6.45, 7) is 1.94. The van der Waals surface area contributed by atoms with Gasteiger partial charge in [0.15, 0.2) is 4.80 Å². The van der Waals surface area contributed by atoms with Crippen LogP contribution in [0.15, 0.2) is 83.9 Å². The zero-order valence-electron chi connectivity index (χ0n) is 18.7. The van der Waals surface area contributed by atoms with Crippen molar-refractivity contribution in [3.8, 4) is 11.3 Å². The largest absolute Gasteiger partial charge is 0.468 e. The fraction of sp³-hybridized carbons (Fsp3) is 0.111. The predicted octanol–water partition coefficient (Wildman–Crippen LogP) is 5.14. The normalized spacial score (nSPS) is 11.8. The molecule has 0 aliphatic rings. The fourth-order valence-corrected chi connectivity index (χ4v) is 5.09. The van der Waals surface area contributed by atoms with E-state index in [-0.39, 0.29) is 6.54 Å². The SMILES string of the molecule is COC(=O)Cn1c(=NC(=O)c2cc(-c3ccccc3)nc3ccccc23)sc2cccc(C)c21. The first-order valence-electron chi connectivity index (χ1n) is 10.7. The third-order valence-electron chi connectivity index (χ3n) is 5.63. The lowest BCUT2D eigenvalue weighted by Crippen LogP contribution is -2.22. The van der Waals surface area contributed by atoms with Crippen molar-refractivity contribution in [2.45, 2.75) is 13.5 Å². The number of pyridine rings is 1. The minimum atomic E-state index is -0.405. The van der Waals surface area contributed by atoms with Gasteiger partial charge in [-0.1, -0.05) is 72.0 Å². The first-order chi connectivity index (χ1) is 16.5. The van der Waals surface area contributed by atoms with Crippen molar-refractivity contribution in [2.24, 2.45) is 4.99 Å². The zero-order valence-corrected chi connectivity index (χ0v) is 19.5. The van der Waals surface area contributed by atoms with Gasteiger partial charge in [-0.15, -0.1) is 0 Å². The van der Waals surface area contributed by atoms with E-state index in [4.69, 9.17) is 9.72 Å². The summed E-state index contributed by atoms with van der Waals surface area (Å²) in [5, 5.41) is 0.729. The van der Waals surface area contributed by atoms with Gasteiger partial charge in [0.2, 0.25) is 0 Å². The average molecular weight is 468 g/mol. The van der Waals surface area contributed by atoms with E-state index in [1.807, 2.05) is 79.7 Å². The Balaban J connectivity index is 1.71. The average Bonchev–Trinajstić information content (AvgIpc) is 3.21. The quantitative estimate of drug-likeness (QED) is 0.343. The summed E-state index contributed by atoms with van der Waals surface area (Å²) in [7, 11) is 1.35. The summed E-state index contributed by atoms with van der Waals surface area (Å²) in [6, 6.07) is 24.9. The van der Waals surface area contributed by atoms with Crippen LogP contribution in [0.1, 0.15) is 15.9 Å². The molecule has 1 amide bonds. The van der Waals surface area contributed by atoms with Crippen LogP contribution in [-0.4, -0.2) is 28.5 Å². The van der Waals surface area contributed by atoms with Gasteiger partial charge in [0.05, 0.1) is 34.1 Å². The first kappa shape index (κ1) is 21.7. The Labute approximate surface area is 199 Å². The van der Waals surface area contributed by atoms with Crippen LogP contribution in [0.3, 0.4) is 0 Å². The van der Waals surface area contributed by atoms with Crippen molar-refractivity contribution in [2.75, 3.05) is 7.11 Å². The van der Waals surface area contributed by atoms with E-state index in [1.165, 1.54) is 18.4 Å². The zero-order chi connectivity index (χ0) is 23.7.